The summed E-state index contributed by atoms with van der Waals surface area (Å²) < 4.78 is 18.7. The van der Waals surface area contributed by atoms with Crippen LogP contribution in [0.1, 0.15) is 18.1 Å². The van der Waals surface area contributed by atoms with Gasteiger partial charge in [-0.2, -0.15) is 0 Å². The second-order valence-corrected chi connectivity index (χ2v) is 9.31. The highest BCUT2D eigenvalue weighted by molar-refractivity contribution is 14.1. The molecule has 0 aromatic heterocycles. The van der Waals surface area contributed by atoms with Crippen LogP contribution in [0.25, 0.3) is 6.08 Å². The maximum Gasteiger partial charge on any atom is 0.266 e. The Balaban J connectivity index is 1.69. The summed E-state index contributed by atoms with van der Waals surface area (Å²) in [6.45, 7) is 5.31. The van der Waals surface area contributed by atoms with E-state index in [-0.39, 0.29) is 5.91 Å². The minimum Gasteiger partial charge on any atom is -0.493 e. The Kier molecular flexibility index (Phi) is 8.01. The van der Waals surface area contributed by atoms with Gasteiger partial charge >= 0.3 is 0 Å². The fraction of sp³-hybridized carbons (Fsp3) is 0.273. The molecule has 0 aliphatic carbocycles. The van der Waals surface area contributed by atoms with Gasteiger partial charge in [-0.15, -0.1) is 0 Å². The standard InChI is InChI=1S/C22H22INO4S2/c1-4-24-21(25)19(30-22(24)29)13-15-11-17(23)20(18(12-15)26-3)28-9-8-27-16-7-5-6-14(2)10-16/h5-7,10-13H,4,8-9H2,1-3H3/b19-13-. The molecule has 1 aliphatic heterocycles. The molecule has 1 heterocycles. The van der Waals surface area contributed by atoms with Crippen molar-refractivity contribution in [3.63, 3.8) is 0 Å². The van der Waals surface area contributed by atoms with Gasteiger partial charge in [0.1, 0.15) is 23.3 Å². The Morgan fingerprint density at radius 3 is 2.63 bits per heavy atom. The molecule has 3 rings (SSSR count). The lowest BCUT2D eigenvalue weighted by Crippen LogP contribution is -2.27. The highest BCUT2D eigenvalue weighted by Gasteiger charge is 2.30. The number of methoxy groups -OCH3 is 1. The van der Waals surface area contributed by atoms with Crippen molar-refractivity contribution < 1.29 is 19.0 Å². The molecule has 0 atom stereocenters. The van der Waals surface area contributed by atoms with Crippen molar-refractivity contribution in [1.29, 1.82) is 0 Å². The highest BCUT2D eigenvalue weighted by Crippen LogP contribution is 2.37. The molecule has 158 valence electrons. The summed E-state index contributed by atoms with van der Waals surface area (Å²) in [6, 6.07) is 11.7. The molecule has 0 N–H and O–H groups in total. The third kappa shape index (κ3) is 5.47. The van der Waals surface area contributed by atoms with Gasteiger partial charge < -0.3 is 14.2 Å². The lowest BCUT2D eigenvalue weighted by molar-refractivity contribution is -0.121. The summed E-state index contributed by atoms with van der Waals surface area (Å²) >= 11 is 8.80. The summed E-state index contributed by atoms with van der Waals surface area (Å²) in [7, 11) is 1.60. The van der Waals surface area contributed by atoms with E-state index in [2.05, 4.69) is 22.6 Å². The fourth-order valence-electron chi connectivity index (χ4n) is 2.90. The molecule has 0 saturated carbocycles. The molecule has 0 unspecified atom stereocenters. The molecular formula is C22H22INO4S2. The number of hydrogen-bond acceptors (Lipinski definition) is 6. The van der Waals surface area contributed by atoms with Crippen molar-refractivity contribution in [3.8, 4) is 17.2 Å². The van der Waals surface area contributed by atoms with E-state index in [4.69, 9.17) is 26.4 Å². The van der Waals surface area contributed by atoms with Crippen LogP contribution in [-0.2, 0) is 4.79 Å². The van der Waals surface area contributed by atoms with E-state index in [0.717, 1.165) is 20.4 Å². The third-order valence-electron chi connectivity index (χ3n) is 4.33. The molecule has 5 nitrogen and oxygen atoms in total. The summed E-state index contributed by atoms with van der Waals surface area (Å²) in [6.07, 6.45) is 1.84. The highest BCUT2D eigenvalue weighted by atomic mass is 127. The van der Waals surface area contributed by atoms with Crippen LogP contribution in [-0.4, -0.2) is 42.0 Å². The number of rotatable bonds is 8. The largest absolute Gasteiger partial charge is 0.493 e. The SMILES string of the molecule is CCN1C(=O)/C(=C/c2cc(I)c(OCCOc3cccc(C)c3)c(OC)c2)SC1=S. The van der Waals surface area contributed by atoms with Crippen LogP contribution in [0.2, 0.25) is 0 Å². The zero-order valence-electron chi connectivity index (χ0n) is 16.9. The maximum atomic E-state index is 12.4. The van der Waals surface area contributed by atoms with Gasteiger partial charge in [0.15, 0.2) is 11.5 Å². The van der Waals surface area contributed by atoms with Crippen molar-refractivity contribution in [2.24, 2.45) is 0 Å². The van der Waals surface area contributed by atoms with Gasteiger partial charge in [0.05, 0.1) is 15.6 Å². The number of ether oxygens (including phenoxy) is 3. The van der Waals surface area contributed by atoms with Gasteiger partial charge in [-0.25, -0.2) is 0 Å². The summed E-state index contributed by atoms with van der Waals surface area (Å²) in [4.78, 5) is 14.7. The molecule has 2 aromatic rings. The van der Waals surface area contributed by atoms with Crippen molar-refractivity contribution in [2.75, 3.05) is 26.9 Å². The molecule has 0 bridgehead atoms. The predicted molar refractivity (Wildman–Crippen MR) is 133 cm³/mol. The maximum absolute atomic E-state index is 12.4. The summed E-state index contributed by atoms with van der Waals surface area (Å²) in [5, 5.41) is 0. The quantitative estimate of drug-likeness (QED) is 0.191. The number of nitrogens with zero attached hydrogens (tertiary/aromatic N) is 1. The second-order valence-electron chi connectivity index (χ2n) is 6.47. The van der Waals surface area contributed by atoms with E-state index in [9.17, 15) is 4.79 Å². The van der Waals surface area contributed by atoms with Crippen molar-refractivity contribution in [2.45, 2.75) is 13.8 Å². The van der Waals surface area contributed by atoms with Crippen LogP contribution in [0.4, 0.5) is 0 Å². The topological polar surface area (TPSA) is 48.0 Å². The Labute approximate surface area is 199 Å². The number of thioether (sulfide) groups is 1. The van der Waals surface area contributed by atoms with E-state index in [1.807, 2.05) is 56.3 Å². The number of aryl methyl sites for hydroxylation is 1. The van der Waals surface area contributed by atoms with Crippen LogP contribution in [0.3, 0.4) is 0 Å². The Hall–Kier alpha value is -1.78. The summed E-state index contributed by atoms with van der Waals surface area (Å²) in [5.41, 5.74) is 2.01. The molecule has 0 spiro atoms. The van der Waals surface area contributed by atoms with E-state index in [1.54, 1.807) is 12.0 Å². The molecule has 1 aliphatic rings. The number of thiocarbonyl (C=S) groups is 1. The first-order valence-corrected chi connectivity index (χ1v) is 11.7. The van der Waals surface area contributed by atoms with Gasteiger partial charge in [0, 0.05) is 6.54 Å². The van der Waals surface area contributed by atoms with Gasteiger partial charge in [-0.05, 0) is 77.9 Å². The third-order valence-corrected chi connectivity index (χ3v) is 6.51. The van der Waals surface area contributed by atoms with E-state index < -0.39 is 0 Å². The minimum atomic E-state index is -0.0601. The molecule has 8 heteroatoms. The van der Waals surface area contributed by atoms with Crippen LogP contribution in [0.15, 0.2) is 41.3 Å². The first-order valence-electron chi connectivity index (χ1n) is 9.38. The molecule has 1 fully saturated rings. The van der Waals surface area contributed by atoms with Crippen LogP contribution in [0.5, 0.6) is 17.2 Å². The van der Waals surface area contributed by atoms with E-state index in [1.165, 1.54) is 11.8 Å². The number of likely N-dealkylation sites (N-methyl/N-ethyl adjacent to an activating group) is 1. The Morgan fingerprint density at radius 2 is 1.97 bits per heavy atom. The Morgan fingerprint density at radius 1 is 1.20 bits per heavy atom. The predicted octanol–water partition coefficient (Wildman–Crippen LogP) is 5.29. The van der Waals surface area contributed by atoms with Gasteiger partial charge in [0.2, 0.25) is 0 Å². The smallest absolute Gasteiger partial charge is 0.266 e. The zero-order chi connectivity index (χ0) is 21.7. The molecular weight excluding hydrogens is 533 g/mol. The average Bonchev–Trinajstić information content (AvgIpc) is 2.98. The van der Waals surface area contributed by atoms with Crippen molar-refractivity contribution >= 4 is 62.9 Å². The van der Waals surface area contributed by atoms with Gasteiger partial charge in [-0.3, -0.25) is 9.69 Å². The van der Waals surface area contributed by atoms with Crippen LogP contribution >= 0.6 is 46.6 Å². The lowest BCUT2D eigenvalue weighted by Gasteiger charge is -2.14. The number of carbonyl (C=O) groups excluding carboxylic acids is 1. The molecule has 0 radical (unpaired) electrons. The van der Waals surface area contributed by atoms with Crippen molar-refractivity contribution in [1.82, 2.24) is 4.90 Å². The average molecular weight is 555 g/mol. The molecule has 30 heavy (non-hydrogen) atoms. The number of hydrogen-bond donors (Lipinski definition) is 0. The van der Waals surface area contributed by atoms with E-state index in [0.29, 0.717) is 40.5 Å². The molecule has 2 aromatic carbocycles. The molecule has 1 saturated heterocycles. The number of benzene rings is 2. The Bertz CT molecular complexity index is 993. The normalized spacial score (nSPS) is 15.1. The lowest BCUT2D eigenvalue weighted by atomic mass is 10.2. The second kappa shape index (κ2) is 10.5. The van der Waals surface area contributed by atoms with Gasteiger partial charge in [-0.1, -0.05) is 36.1 Å². The first kappa shape index (κ1) is 22.9. The molecule has 1 amide bonds. The number of carbonyl (C=O) groups is 1. The zero-order valence-corrected chi connectivity index (χ0v) is 20.7. The summed E-state index contributed by atoms with van der Waals surface area (Å²) in [5.74, 6) is 2.02. The number of amides is 1. The van der Waals surface area contributed by atoms with Gasteiger partial charge in [0.25, 0.3) is 5.91 Å². The first-order chi connectivity index (χ1) is 14.4. The van der Waals surface area contributed by atoms with Crippen molar-refractivity contribution in [3.05, 3.63) is 56.0 Å². The number of halogens is 1. The van der Waals surface area contributed by atoms with Crippen LogP contribution < -0.4 is 14.2 Å². The fourth-order valence-corrected chi connectivity index (χ4v) is 5.06. The van der Waals surface area contributed by atoms with Crippen LogP contribution in [0, 0.1) is 10.5 Å². The minimum absolute atomic E-state index is 0.0601. The van der Waals surface area contributed by atoms with E-state index >= 15 is 0 Å². The monoisotopic (exact) mass is 555 g/mol.